The SMILES string of the molecule is O=C(Nc1ccc(C#CCO)cc1F)C1CCCCC1. The standard InChI is InChI=1S/C16H18FNO2/c17-14-11-12(5-4-10-19)8-9-15(14)18-16(20)13-6-2-1-3-7-13/h8-9,11,13,19H,1-3,6-7,10H2,(H,18,20). The summed E-state index contributed by atoms with van der Waals surface area (Å²) in [6, 6.07) is 4.40. The van der Waals surface area contributed by atoms with Crippen LogP contribution in [-0.4, -0.2) is 17.6 Å². The first-order valence-corrected chi connectivity index (χ1v) is 6.91. The Hall–Kier alpha value is -1.86. The summed E-state index contributed by atoms with van der Waals surface area (Å²) in [6.07, 6.45) is 5.07. The molecule has 0 bridgehead atoms. The molecule has 1 aromatic rings. The third-order valence-corrected chi connectivity index (χ3v) is 3.51. The second-order valence-corrected chi connectivity index (χ2v) is 4.98. The van der Waals surface area contributed by atoms with Gasteiger partial charge >= 0.3 is 0 Å². The summed E-state index contributed by atoms with van der Waals surface area (Å²) in [5, 5.41) is 11.2. The van der Waals surface area contributed by atoms with E-state index in [9.17, 15) is 9.18 Å². The highest BCUT2D eigenvalue weighted by atomic mass is 19.1. The molecule has 1 aliphatic rings. The van der Waals surface area contributed by atoms with E-state index in [4.69, 9.17) is 5.11 Å². The number of hydrogen-bond donors (Lipinski definition) is 2. The smallest absolute Gasteiger partial charge is 0.227 e. The fraction of sp³-hybridized carbons (Fsp3) is 0.438. The fourth-order valence-electron chi connectivity index (χ4n) is 2.44. The average molecular weight is 275 g/mol. The molecule has 1 amide bonds. The van der Waals surface area contributed by atoms with Crippen molar-refractivity contribution in [1.29, 1.82) is 0 Å². The van der Waals surface area contributed by atoms with E-state index in [-0.39, 0.29) is 24.1 Å². The number of amides is 1. The zero-order valence-corrected chi connectivity index (χ0v) is 11.3. The summed E-state index contributed by atoms with van der Waals surface area (Å²) in [5.41, 5.74) is 0.669. The fourth-order valence-corrected chi connectivity index (χ4v) is 2.44. The zero-order chi connectivity index (χ0) is 14.4. The average Bonchev–Trinajstić information content (AvgIpc) is 2.48. The third-order valence-electron chi connectivity index (χ3n) is 3.51. The van der Waals surface area contributed by atoms with E-state index >= 15 is 0 Å². The molecule has 1 fully saturated rings. The molecular weight excluding hydrogens is 257 g/mol. The van der Waals surface area contributed by atoms with Crippen molar-refractivity contribution in [3.05, 3.63) is 29.6 Å². The van der Waals surface area contributed by atoms with Gasteiger partial charge in [-0.15, -0.1) is 0 Å². The van der Waals surface area contributed by atoms with Crippen LogP contribution in [0.3, 0.4) is 0 Å². The topological polar surface area (TPSA) is 49.3 Å². The maximum atomic E-state index is 13.9. The Morgan fingerprint density at radius 2 is 2.10 bits per heavy atom. The molecule has 2 N–H and O–H groups in total. The predicted octanol–water partition coefficient (Wildman–Crippen LogP) is 2.69. The van der Waals surface area contributed by atoms with E-state index in [0.717, 1.165) is 25.7 Å². The number of rotatable bonds is 2. The summed E-state index contributed by atoms with van der Waals surface area (Å²) in [7, 11) is 0. The number of anilines is 1. The van der Waals surface area contributed by atoms with Crippen LogP contribution in [0.4, 0.5) is 10.1 Å². The summed E-state index contributed by atoms with van der Waals surface area (Å²) in [5.74, 6) is 4.48. The van der Waals surface area contributed by atoms with Gasteiger partial charge in [0, 0.05) is 11.5 Å². The minimum absolute atomic E-state index is 0.00277. The quantitative estimate of drug-likeness (QED) is 0.815. The van der Waals surface area contributed by atoms with Crippen LogP contribution in [0.5, 0.6) is 0 Å². The van der Waals surface area contributed by atoms with Crippen LogP contribution in [0.2, 0.25) is 0 Å². The van der Waals surface area contributed by atoms with Gasteiger partial charge in [0.15, 0.2) is 0 Å². The van der Waals surface area contributed by atoms with Crippen molar-refractivity contribution in [2.75, 3.05) is 11.9 Å². The molecule has 0 atom stereocenters. The Balaban J connectivity index is 2.03. The first-order chi connectivity index (χ1) is 9.70. The largest absolute Gasteiger partial charge is 0.384 e. The van der Waals surface area contributed by atoms with Crippen molar-refractivity contribution < 1.29 is 14.3 Å². The molecule has 0 saturated heterocycles. The molecule has 3 nitrogen and oxygen atoms in total. The van der Waals surface area contributed by atoms with E-state index in [1.165, 1.54) is 18.6 Å². The molecule has 0 aliphatic heterocycles. The Bertz CT molecular complexity index is 539. The van der Waals surface area contributed by atoms with Gasteiger partial charge < -0.3 is 10.4 Å². The number of aliphatic hydroxyl groups excluding tert-OH is 1. The van der Waals surface area contributed by atoms with E-state index < -0.39 is 5.82 Å². The summed E-state index contributed by atoms with van der Waals surface area (Å²) < 4.78 is 13.9. The highest BCUT2D eigenvalue weighted by Crippen LogP contribution is 2.25. The summed E-state index contributed by atoms with van der Waals surface area (Å²) >= 11 is 0. The number of aliphatic hydroxyl groups is 1. The van der Waals surface area contributed by atoms with Gasteiger partial charge in [-0.2, -0.15) is 0 Å². The molecular formula is C16H18FNO2. The van der Waals surface area contributed by atoms with Crippen LogP contribution >= 0.6 is 0 Å². The molecule has 1 saturated carbocycles. The van der Waals surface area contributed by atoms with E-state index in [1.54, 1.807) is 6.07 Å². The van der Waals surface area contributed by atoms with Gasteiger partial charge in [0.05, 0.1) is 5.69 Å². The van der Waals surface area contributed by atoms with Gasteiger partial charge in [-0.3, -0.25) is 4.79 Å². The van der Waals surface area contributed by atoms with Gasteiger partial charge in [0.1, 0.15) is 12.4 Å². The lowest BCUT2D eigenvalue weighted by Gasteiger charge is -2.20. The van der Waals surface area contributed by atoms with E-state index in [1.807, 2.05) is 0 Å². The molecule has 2 rings (SSSR count). The number of carbonyl (C=O) groups excluding carboxylic acids is 1. The van der Waals surface area contributed by atoms with Crippen molar-refractivity contribution in [2.45, 2.75) is 32.1 Å². The first kappa shape index (κ1) is 14.5. The van der Waals surface area contributed by atoms with Gasteiger partial charge in [-0.1, -0.05) is 31.1 Å². The second kappa shape index (κ2) is 7.06. The number of halogens is 1. The third kappa shape index (κ3) is 3.82. The van der Waals surface area contributed by atoms with Crippen LogP contribution in [-0.2, 0) is 4.79 Å². The van der Waals surface area contributed by atoms with Crippen LogP contribution in [0, 0.1) is 23.6 Å². The zero-order valence-electron chi connectivity index (χ0n) is 11.3. The summed E-state index contributed by atoms with van der Waals surface area (Å²) in [4.78, 5) is 12.0. The summed E-state index contributed by atoms with van der Waals surface area (Å²) in [6.45, 7) is -0.262. The number of carbonyl (C=O) groups is 1. The van der Waals surface area contributed by atoms with Crippen molar-refractivity contribution >= 4 is 11.6 Å². The van der Waals surface area contributed by atoms with Gasteiger partial charge in [-0.25, -0.2) is 4.39 Å². The van der Waals surface area contributed by atoms with Crippen LogP contribution < -0.4 is 5.32 Å². The van der Waals surface area contributed by atoms with Crippen LogP contribution in [0.15, 0.2) is 18.2 Å². The Kier molecular flexibility index (Phi) is 5.14. The Morgan fingerprint density at radius 1 is 1.35 bits per heavy atom. The molecule has 0 aromatic heterocycles. The lowest BCUT2D eigenvalue weighted by molar-refractivity contribution is -0.120. The van der Waals surface area contributed by atoms with Crippen molar-refractivity contribution in [3.8, 4) is 11.8 Å². The van der Waals surface area contributed by atoms with Crippen molar-refractivity contribution in [3.63, 3.8) is 0 Å². The van der Waals surface area contributed by atoms with Gasteiger partial charge in [-0.05, 0) is 31.0 Å². The lowest BCUT2D eigenvalue weighted by Crippen LogP contribution is -2.25. The van der Waals surface area contributed by atoms with E-state index in [0.29, 0.717) is 5.56 Å². The van der Waals surface area contributed by atoms with Crippen LogP contribution in [0.25, 0.3) is 0 Å². The number of hydrogen-bond acceptors (Lipinski definition) is 2. The molecule has 106 valence electrons. The highest BCUT2D eigenvalue weighted by molar-refractivity contribution is 5.92. The maximum Gasteiger partial charge on any atom is 0.227 e. The molecule has 0 unspecified atom stereocenters. The molecule has 1 aromatic carbocycles. The molecule has 20 heavy (non-hydrogen) atoms. The van der Waals surface area contributed by atoms with E-state index in [2.05, 4.69) is 17.2 Å². The minimum atomic E-state index is -0.501. The normalized spacial score (nSPS) is 15.3. The molecule has 1 aliphatic carbocycles. The maximum absolute atomic E-state index is 13.9. The molecule has 4 heteroatoms. The first-order valence-electron chi connectivity index (χ1n) is 6.91. The highest BCUT2D eigenvalue weighted by Gasteiger charge is 2.21. The molecule has 0 heterocycles. The monoisotopic (exact) mass is 275 g/mol. The molecule has 0 radical (unpaired) electrons. The Labute approximate surface area is 118 Å². The molecule has 0 spiro atoms. The van der Waals surface area contributed by atoms with Crippen LogP contribution in [0.1, 0.15) is 37.7 Å². The lowest BCUT2D eigenvalue weighted by atomic mass is 9.88. The number of nitrogens with one attached hydrogen (secondary N) is 1. The Morgan fingerprint density at radius 3 is 2.75 bits per heavy atom. The predicted molar refractivity (Wildman–Crippen MR) is 75.6 cm³/mol. The van der Waals surface area contributed by atoms with Crippen molar-refractivity contribution in [2.24, 2.45) is 5.92 Å². The number of benzene rings is 1. The van der Waals surface area contributed by atoms with Gasteiger partial charge in [0.25, 0.3) is 0 Å². The van der Waals surface area contributed by atoms with Crippen molar-refractivity contribution in [1.82, 2.24) is 0 Å². The van der Waals surface area contributed by atoms with Gasteiger partial charge in [0.2, 0.25) is 5.91 Å². The second-order valence-electron chi connectivity index (χ2n) is 4.98. The minimum Gasteiger partial charge on any atom is -0.384 e.